The number of carbonyl (C=O) groups is 1. The lowest BCUT2D eigenvalue weighted by Crippen LogP contribution is -2.29. The van der Waals surface area contributed by atoms with Crippen molar-refractivity contribution in [3.8, 4) is 11.5 Å². The third kappa shape index (κ3) is 4.53. The third-order valence-electron chi connectivity index (χ3n) is 4.31. The van der Waals surface area contributed by atoms with E-state index in [2.05, 4.69) is 15.2 Å². The van der Waals surface area contributed by atoms with Crippen LogP contribution >= 0.6 is 0 Å². The highest BCUT2D eigenvalue weighted by molar-refractivity contribution is 5.76. The van der Waals surface area contributed by atoms with Crippen molar-refractivity contribution in [1.82, 2.24) is 20.1 Å². The van der Waals surface area contributed by atoms with E-state index in [1.165, 1.54) is 5.56 Å². The molecule has 6 heteroatoms. The number of benzene rings is 1. The van der Waals surface area contributed by atoms with Crippen molar-refractivity contribution in [3.05, 3.63) is 65.8 Å². The number of amides is 1. The molecule has 3 rings (SSSR count). The van der Waals surface area contributed by atoms with E-state index in [1.807, 2.05) is 50.4 Å². The molecule has 3 aromatic rings. The molecule has 1 aromatic carbocycles. The summed E-state index contributed by atoms with van der Waals surface area (Å²) in [5.41, 5.74) is 3.17. The predicted octanol–water partition coefficient (Wildman–Crippen LogP) is 3.07. The number of rotatable bonds is 7. The molecule has 0 atom stereocenters. The highest BCUT2D eigenvalue weighted by Crippen LogP contribution is 2.21. The summed E-state index contributed by atoms with van der Waals surface area (Å²) < 4.78 is 5.71. The van der Waals surface area contributed by atoms with Gasteiger partial charge in [0.05, 0.1) is 0 Å². The molecule has 0 saturated carbocycles. The minimum absolute atomic E-state index is 0.0645. The Labute approximate surface area is 152 Å². The zero-order valence-corrected chi connectivity index (χ0v) is 15.1. The van der Waals surface area contributed by atoms with Crippen LogP contribution in [0.1, 0.15) is 23.4 Å². The van der Waals surface area contributed by atoms with E-state index >= 15 is 0 Å². The van der Waals surface area contributed by atoms with Crippen LogP contribution in [-0.2, 0) is 17.6 Å². The fourth-order valence-electron chi connectivity index (χ4n) is 2.65. The van der Waals surface area contributed by atoms with Gasteiger partial charge in [0.25, 0.3) is 0 Å². The molecule has 0 unspecified atom stereocenters. The average Bonchev–Trinajstić information content (AvgIpc) is 3.14. The van der Waals surface area contributed by atoms with Gasteiger partial charge in [-0.25, -0.2) is 0 Å². The van der Waals surface area contributed by atoms with Crippen LogP contribution in [0.4, 0.5) is 0 Å². The molecule has 0 aliphatic rings. The molecule has 26 heavy (non-hydrogen) atoms. The van der Waals surface area contributed by atoms with Gasteiger partial charge in [-0.05, 0) is 42.7 Å². The molecule has 0 aliphatic carbocycles. The Morgan fingerprint density at radius 2 is 1.85 bits per heavy atom. The second kappa shape index (κ2) is 8.38. The minimum atomic E-state index is 0.0645. The highest BCUT2D eigenvalue weighted by Gasteiger charge is 2.14. The van der Waals surface area contributed by atoms with Gasteiger partial charge in [0.15, 0.2) is 0 Å². The Morgan fingerprint density at radius 3 is 2.62 bits per heavy atom. The molecule has 1 amide bonds. The van der Waals surface area contributed by atoms with Crippen LogP contribution in [0.5, 0.6) is 0 Å². The first-order chi connectivity index (χ1) is 12.6. The van der Waals surface area contributed by atoms with Gasteiger partial charge in [-0.15, -0.1) is 10.2 Å². The zero-order valence-electron chi connectivity index (χ0n) is 15.1. The van der Waals surface area contributed by atoms with E-state index in [9.17, 15) is 4.79 Å². The van der Waals surface area contributed by atoms with Crippen molar-refractivity contribution in [2.24, 2.45) is 0 Å². The summed E-state index contributed by atoms with van der Waals surface area (Å²) in [5.74, 6) is 1.05. The van der Waals surface area contributed by atoms with Crippen LogP contribution in [-0.4, -0.2) is 39.6 Å². The van der Waals surface area contributed by atoms with Crippen molar-refractivity contribution in [2.45, 2.75) is 26.2 Å². The fourth-order valence-corrected chi connectivity index (χ4v) is 2.65. The second-order valence-electron chi connectivity index (χ2n) is 6.24. The minimum Gasteiger partial charge on any atom is -0.421 e. The van der Waals surface area contributed by atoms with E-state index in [1.54, 1.807) is 17.3 Å². The summed E-state index contributed by atoms with van der Waals surface area (Å²) in [6.07, 6.45) is 5.12. The van der Waals surface area contributed by atoms with Crippen LogP contribution in [0, 0.1) is 6.92 Å². The number of nitrogens with zero attached hydrogens (tertiary/aromatic N) is 4. The molecule has 0 N–H and O–H groups in total. The summed E-state index contributed by atoms with van der Waals surface area (Å²) >= 11 is 0. The van der Waals surface area contributed by atoms with Crippen molar-refractivity contribution in [3.63, 3.8) is 0 Å². The van der Waals surface area contributed by atoms with Gasteiger partial charge in [0, 0.05) is 44.4 Å². The molecular weight excluding hydrogens is 328 g/mol. The molecule has 2 heterocycles. The van der Waals surface area contributed by atoms with E-state index in [0.717, 1.165) is 17.5 Å². The number of pyridine rings is 1. The molecule has 0 radical (unpaired) electrons. The maximum Gasteiger partial charge on any atom is 0.247 e. The first kappa shape index (κ1) is 17.8. The van der Waals surface area contributed by atoms with Gasteiger partial charge in [0.1, 0.15) is 0 Å². The van der Waals surface area contributed by atoms with E-state index in [4.69, 9.17) is 4.42 Å². The standard InChI is InChI=1S/C20H22N4O2/c1-15-5-3-4-6-17(15)20-23-22-18(26-20)7-8-19(25)24(2)14-11-16-9-12-21-13-10-16/h3-6,9-10,12-13H,7-8,11,14H2,1-2H3. The van der Waals surface area contributed by atoms with Crippen molar-refractivity contribution >= 4 is 5.91 Å². The van der Waals surface area contributed by atoms with E-state index in [-0.39, 0.29) is 5.91 Å². The quantitative estimate of drug-likeness (QED) is 0.655. The Morgan fingerprint density at radius 1 is 1.08 bits per heavy atom. The Balaban J connectivity index is 1.51. The topological polar surface area (TPSA) is 72.1 Å². The van der Waals surface area contributed by atoms with Gasteiger partial charge in [-0.1, -0.05) is 18.2 Å². The predicted molar refractivity (Wildman–Crippen MR) is 98.4 cm³/mol. The Bertz CT molecular complexity index is 861. The fraction of sp³-hybridized carbons (Fsp3) is 0.300. The number of likely N-dealkylation sites (N-methyl/N-ethyl adjacent to an activating group) is 1. The third-order valence-corrected chi connectivity index (χ3v) is 4.31. The number of hydrogen-bond donors (Lipinski definition) is 0. The van der Waals surface area contributed by atoms with Crippen LogP contribution in [0.25, 0.3) is 11.5 Å². The summed E-state index contributed by atoms with van der Waals surface area (Å²) in [6.45, 7) is 2.67. The van der Waals surface area contributed by atoms with Crippen molar-refractivity contribution < 1.29 is 9.21 Å². The highest BCUT2D eigenvalue weighted by atomic mass is 16.4. The Hall–Kier alpha value is -3.02. The van der Waals surface area contributed by atoms with Crippen molar-refractivity contribution in [2.75, 3.05) is 13.6 Å². The summed E-state index contributed by atoms with van der Waals surface area (Å²) in [6, 6.07) is 11.8. The number of carbonyl (C=O) groups excluding carboxylic acids is 1. The van der Waals surface area contributed by atoms with Gasteiger partial charge >= 0.3 is 0 Å². The van der Waals surface area contributed by atoms with Crippen LogP contribution in [0.2, 0.25) is 0 Å². The number of aromatic nitrogens is 3. The number of aryl methyl sites for hydroxylation is 2. The summed E-state index contributed by atoms with van der Waals surface area (Å²) in [5, 5.41) is 8.16. The summed E-state index contributed by atoms with van der Waals surface area (Å²) in [7, 11) is 1.82. The lowest BCUT2D eigenvalue weighted by molar-refractivity contribution is -0.129. The van der Waals surface area contributed by atoms with Crippen molar-refractivity contribution in [1.29, 1.82) is 0 Å². The molecule has 134 valence electrons. The molecule has 0 aliphatic heterocycles. The normalized spacial score (nSPS) is 10.7. The molecule has 0 saturated heterocycles. The van der Waals surface area contributed by atoms with Gasteiger partial charge < -0.3 is 9.32 Å². The molecule has 0 spiro atoms. The number of hydrogen-bond acceptors (Lipinski definition) is 5. The lowest BCUT2D eigenvalue weighted by atomic mass is 10.1. The average molecular weight is 350 g/mol. The maximum atomic E-state index is 12.3. The molecular formula is C20H22N4O2. The van der Waals surface area contributed by atoms with Gasteiger partial charge in [-0.3, -0.25) is 9.78 Å². The molecule has 0 bridgehead atoms. The van der Waals surface area contributed by atoms with Crippen LogP contribution < -0.4 is 0 Å². The second-order valence-corrected chi connectivity index (χ2v) is 6.24. The lowest BCUT2D eigenvalue weighted by Gasteiger charge is -2.16. The van der Waals surface area contributed by atoms with Crippen LogP contribution in [0.3, 0.4) is 0 Å². The van der Waals surface area contributed by atoms with Gasteiger partial charge in [-0.2, -0.15) is 0 Å². The largest absolute Gasteiger partial charge is 0.421 e. The molecule has 6 nitrogen and oxygen atoms in total. The molecule has 2 aromatic heterocycles. The Kier molecular flexibility index (Phi) is 5.73. The smallest absolute Gasteiger partial charge is 0.247 e. The molecule has 0 fully saturated rings. The maximum absolute atomic E-state index is 12.3. The van der Waals surface area contributed by atoms with E-state index < -0.39 is 0 Å². The SMILES string of the molecule is Cc1ccccc1-c1nnc(CCC(=O)N(C)CCc2ccncc2)o1. The van der Waals surface area contributed by atoms with E-state index in [0.29, 0.717) is 31.2 Å². The first-order valence-corrected chi connectivity index (χ1v) is 8.65. The zero-order chi connectivity index (χ0) is 18.4. The van der Waals surface area contributed by atoms with Gasteiger partial charge in [0.2, 0.25) is 17.7 Å². The summed E-state index contributed by atoms with van der Waals surface area (Å²) in [4.78, 5) is 18.0. The van der Waals surface area contributed by atoms with Crippen LogP contribution in [0.15, 0.2) is 53.2 Å². The first-order valence-electron chi connectivity index (χ1n) is 8.65. The monoisotopic (exact) mass is 350 g/mol.